The second-order valence-corrected chi connectivity index (χ2v) is 8.13. The monoisotopic (exact) mass is 386 g/mol. The number of anilines is 1. The third kappa shape index (κ3) is 4.54. The molecule has 1 aliphatic heterocycles. The molecule has 1 aromatic rings. The summed E-state index contributed by atoms with van der Waals surface area (Å²) in [5, 5.41) is 3.05. The summed E-state index contributed by atoms with van der Waals surface area (Å²) in [6.07, 6.45) is 3.74. The first-order valence-corrected chi connectivity index (χ1v) is 10.3. The van der Waals surface area contributed by atoms with Gasteiger partial charge in [-0.2, -0.15) is 0 Å². The zero-order valence-corrected chi connectivity index (χ0v) is 16.9. The van der Waals surface area contributed by atoms with Gasteiger partial charge in [0.2, 0.25) is 5.91 Å². The third-order valence-corrected chi connectivity index (χ3v) is 6.15. The number of rotatable bonds is 5. The van der Waals surface area contributed by atoms with Crippen molar-refractivity contribution in [3.8, 4) is 0 Å². The van der Waals surface area contributed by atoms with Crippen LogP contribution in [0.3, 0.4) is 0 Å². The topological polar surface area (TPSA) is 75.7 Å². The molecule has 1 aliphatic carbocycles. The summed E-state index contributed by atoms with van der Waals surface area (Å²) in [5.74, 6) is 0.240. The smallest absolute Gasteiger partial charge is 0.338 e. The van der Waals surface area contributed by atoms with Crippen molar-refractivity contribution in [2.45, 2.75) is 65.0 Å². The first-order chi connectivity index (χ1) is 13.4. The zero-order chi connectivity index (χ0) is 20.3. The molecule has 1 heterocycles. The van der Waals surface area contributed by atoms with Crippen molar-refractivity contribution in [1.29, 1.82) is 0 Å². The lowest BCUT2D eigenvalue weighted by molar-refractivity contribution is -0.130. The predicted octanol–water partition coefficient (Wildman–Crippen LogP) is 3.30. The molecule has 2 amide bonds. The molecule has 3 rings (SSSR count). The van der Waals surface area contributed by atoms with Gasteiger partial charge in [-0.3, -0.25) is 9.59 Å². The minimum Gasteiger partial charge on any atom is -0.449 e. The quantitative estimate of drug-likeness (QED) is 0.788. The van der Waals surface area contributed by atoms with Crippen molar-refractivity contribution < 1.29 is 19.1 Å². The van der Waals surface area contributed by atoms with Crippen LogP contribution in [0.1, 0.15) is 63.2 Å². The van der Waals surface area contributed by atoms with E-state index >= 15 is 0 Å². The van der Waals surface area contributed by atoms with Crippen LogP contribution in [0, 0.1) is 11.8 Å². The van der Waals surface area contributed by atoms with Crippen LogP contribution in [0.5, 0.6) is 0 Å². The molecule has 0 spiro atoms. The van der Waals surface area contributed by atoms with Crippen LogP contribution in [0.25, 0.3) is 0 Å². The third-order valence-electron chi connectivity index (χ3n) is 6.15. The number of benzene rings is 1. The molecule has 2 aliphatic rings. The number of hydrogen-bond donors (Lipinski definition) is 1. The largest absolute Gasteiger partial charge is 0.449 e. The summed E-state index contributed by atoms with van der Waals surface area (Å²) >= 11 is 0. The van der Waals surface area contributed by atoms with Crippen LogP contribution < -0.4 is 10.2 Å². The molecule has 6 nitrogen and oxygen atoms in total. The fourth-order valence-electron chi connectivity index (χ4n) is 4.09. The second kappa shape index (κ2) is 8.76. The van der Waals surface area contributed by atoms with E-state index in [1.807, 2.05) is 6.07 Å². The first-order valence-electron chi connectivity index (χ1n) is 10.3. The fourth-order valence-corrected chi connectivity index (χ4v) is 4.09. The van der Waals surface area contributed by atoms with E-state index in [1.165, 1.54) is 6.42 Å². The van der Waals surface area contributed by atoms with Crippen molar-refractivity contribution in [2.75, 3.05) is 11.4 Å². The van der Waals surface area contributed by atoms with Crippen molar-refractivity contribution in [2.24, 2.45) is 11.8 Å². The number of ether oxygens (including phenoxy) is 1. The highest BCUT2D eigenvalue weighted by Gasteiger charge is 2.30. The SMILES string of the molecule is C[C@H]1[C@@H](NC(=O)[C@@H](C)OC(=O)c2cccc(N3CCCC3=O)c2)CCC[C@@H]1C. The van der Waals surface area contributed by atoms with Crippen LogP contribution in [0.2, 0.25) is 0 Å². The van der Waals surface area contributed by atoms with Gasteiger partial charge in [-0.1, -0.05) is 32.8 Å². The molecule has 0 bridgehead atoms. The Morgan fingerprint density at radius 1 is 1.21 bits per heavy atom. The average molecular weight is 386 g/mol. The van der Waals surface area contributed by atoms with Gasteiger partial charge in [-0.15, -0.1) is 0 Å². The van der Waals surface area contributed by atoms with Gasteiger partial charge in [0.05, 0.1) is 5.56 Å². The Labute approximate surface area is 166 Å². The van der Waals surface area contributed by atoms with Crippen molar-refractivity contribution in [3.63, 3.8) is 0 Å². The Morgan fingerprint density at radius 3 is 2.71 bits per heavy atom. The van der Waals surface area contributed by atoms with E-state index in [1.54, 1.807) is 30.0 Å². The molecule has 4 atom stereocenters. The van der Waals surface area contributed by atoms with Gasteiger partial charge >= 0.3 is 5.97 Å². The van der Waals surface area contributed by atoms with Crippen LogP contribution >= 0.6 is 0 Å². The van der Waals surface area contributed by atoms with Gasteiger partial charge in [0.25, 0.3) is 5.91 Å². The summed E-state index contributed by atoms with van der Waals surface area (Å²) < 4.78 is 5.39. The lowest BCUT2D eigenvalue weighted by atomic mass is 9.78. The molecule has 1 saturated heterocycles. The Kier molecular flexibility index (Phi) is 6.37. The Morgan fingerprint density at radius 2 is 2.00 bits per heavy atom. The highest BCUT2D eigenvalue weighted by Crippen LogP contribution is 2.29. The highest BCUT2D eigenvalue weighted by molar-refractivity contribution is 5.98. The summed E-state index contributed by atoms with van der Waals surface area (Å²) in [7, 11) is 0. The van der Waals surface area contributed by atoms with Gasteiger partial charge in [0.15, 0.2) is 6.10 Å². The lowest BCUT2D eigenvalue weighted by Gasteiger charge is -2.35. The number of hydrogen-bond acceptors (Lipinski definition) is 4. The van der Waals surface area contributed by atoms with Crippen molar-refractivity contribution >= 4 is 23.5 Å². The maximum atomic E-state index is 12.5. The van der Waals surface area contributed by atoms with E-state index in [4.69, 9.17) is 4.74 Å². The molecule has 2 fully saturated rings. The van der Waals surface area contributed by atoms with E-state index in [2.05, 4.69) is 19.2 Å². The number of nitrogens with one attached hydrogen (secondary N) is 1. The van der Waals surface area contributed by atoms with E-state index in [-0.39, 0.29) is 17.9 Å². The minimum absolute atomic E-state index is 0.0640. The average Bonchev–Trinajstić information content (AvgIpc) is 3.11. The molecule has 28 heavy (non-hydrogen) atoms. The normalized spacial score (nSPS) is 26.0. The van der Waals surface area contributed by atoms with E-state index in [0.717, 1.165) is 19.3 Å². The van der Waals surface area contributed by atoms with E-state index in [0.29, 0.717) is 36.1 Å². The van der Waals surface area contributed by atoms with E-state index < -0.39 is 12.1 Å². The lowest BCUT2D eigenvalue weighted by Crippen LogP contribution is -2.47. The maximum Gasteiger partial charge on any atom is 0.338 e. The zero-order valence-electron chi connectivity index (χ0n) is 16.9. The second-order valence-electron chi connectivity index (χ2n) is 8.13. The highest BCUT2D eigenvalue weighted by atomic mass is 16.5. The molecule has 1 N–H and O–H groups in total. The molecule has 152 valence electrons. The summed E-state index contributed by atoms with van der Waals surface area (Å²) in [5.41, 5.74) is 1.04. The summed E-state index contributed by atoms with van der Waals surface area (Å²) in [6.45, 7) is 6.63. The Balaban J connectivity index is 1.59. The first kappa shape index (κ1) is 20.4. The molecule has 0 unspecified atom stereocenters. The van der Waals surface area contributed by atoms with Crippen LogP contribution in [-0.2, 0) is 14.3 Å². The van der Waals surface area contributed by atoms with E-state index in [9.17, 15) is 14.4 Å². The number of esters is 1. The molecule has 0 radical (unpaired) electrons. The van der Waals surface area contributed by atoms with Crippen LogP contribution in [-0.4, -0.2) is 36.5 Å². The van der Waals surface area contributed by atoms with Crippen LogP contribution in [0.15, 0.2) is 24.3 Å². The number of amides is 2. The van der Waals surface area contributed by atoms with Crippen LogP contribution in [0.4, 0.5) is 5.69 Å². The number of carbonyl (C=O) groups excluding carboxylic acids is 3. The summed E-state index contributed by atoms with van der Waals surface area (Å²) in [4.78, 5) is 38.6. The molecule has 1 aromatic carbocycles. The standard InChI is InChI=1S/C22H30N2O4/c1-14-7-4-10-19(15(14)2)23-21(26)16(3)28-22(27)17-8-5-9-18(13-17)24-12-6-11-20(24)25/h5,8-9,13-16,19H,4,6-7,10-12H2,1-3H3,(H,23,26)/t14-,15+,16+,19-/m0/s1. The minimum atomic E-state index is -0.867. The maximum absolute atomic E-state index is 12.5. The van der Waals surface area contributed by atoms with Gasteiger partial charge in [0, 0.05) is 24.7 Å². The van der Waals surface area contributed by atoms with Gasteiger partial charge < -0.3 is 15.0 Å². The molecule has 0 aromatic heterocycles. The Hall–Kier alpha value is -2.37. The number of carbonyl (C=O) groups is 3. The van der Waals surface area contributed by atoms with Crippen molar-refractivity contribution in [3.05, 3.63) is 29.8 Å². The Bertz CT molecular complexity index is 748. The molecule has 1 saturated carbocycles. The molecular formula is C22H30N2O4. The summed E-state index contributed by atoms with van der Waals surface area (Å²) in [6, 6.07) is 6.96. The van der Waals surface area contributed by atoms with Crippen molar-refractivity contribution in [1.82, 2.24) is 5.32 Å². The molecular weight excluding hydrogens is 356 g/mol. The number of nitrogens with zero attached hydrogens (tertiary/aromatic N) is 1. The fraction of sp³-hybridized carbons (Fsp3) is 0.591. The van der Waals surface area contributed by atoms with Gasteiger partial charge in [0.1, 0.15) is 0 Å². The molecule has 6 heteroatoms. The predicted molar refractivity (Wildman–Crippen MR) is 107 cm³/mol. The van der Waals surface area contributed by atoms with Gasteiger partial charge in [-0.25, -0.2) is 4.79 Å². The van der Waals surface area contributed by atoms with Gasteiger partial charge in [-0.05, 0) is 49.8 Å².